The molecule has 104 valence electrons. The summed E-state index contributed by atoms with van der Waals surface area (Å²) in [5, 5.41) is 14.1. The topological polar surface area (TPSA) is 78.4 Å². The number of aliphatic carboxylic acids is 1. The summed E-state index contributed by atoms with van der Waals surface area (Å²) in [6.45, 7) is 5.13. The Morgan fingerprint density at radius 1 is 1.26 bits per heavy atom. The average molecular weight is 329 g/mol. The van der Waals surface area contributed by atoms with Gasteiger partial charge in [-0.15, -0.1) is 0 Å². The van der Waals surface area contributed by atoms with Gasteiger partial charge in [0.1, 0.15) is 0 Å². The van der Waals surface area contributed by atoms with Crippen molar-refractivity contribution in [2.24, 2.45) is 5.92 Å². The van der Waals surface area contributed by atoms with Gasteiger partial charge in [-0.2, -0.15) is 0 Å². The van der Waals surface area contributed by atoms with E-state index in [9.17, 15) is 9.59 Å². The zero-order valence-corrected chi connectivity index (χ0v) is 12.6. The maximum Gasteiger partial charge on any atom is 0.319 e. The van der Waals surface area contributed by atoms with E-state index in [1.165, 1.54) is 0 Å². The van der Waals surface area contributed by atoms with E-state index in [0.717, 1.165) is 10.0 Å². The second-order valence-electron chi connectivity index (χ2n) is 4.53. The van der Waals surface area contributed by atoms with E-state index in [4.69, 9.17) is 5.11 Å². The molecule has 1 aromatic carbocycles. The first-order valence-corrected chi connectivity index (χ1v) is 6.66. The zero-order chi connectivity index (χ0) is 14.6. The van der Waals surface area contributed by atoms with E-state index < -0.39 is 24.0 Å². The molecule has 0 bridgehead atoms. The Balaban J connectivity index is 2.62. The molecule has 0 fully saturated rings. The number of hydrogen-bond donors (Lipinski definition) is 3. The summed E-state index contributed by atoms with van der Waals surface area (Å²) >= 11 is 3.35. The lowest BCUT2D eigenvalue weighted by atomic mass is 10.0. The molecular formula is C13H17BrN2O3. The minimum absolute atomic E-state index is 0.418. The highest BCUT2D eigenvalue weighted by Crippen LogP contribution is 2.19. The maximum absolute atomic E-state index is 11.7. The normalized spacial score (nSPS) is 13.5. The first-order chi connectivity index (χ1) is 8.79. The Bertz CT molecular complexity index is 471. The van der Waals surface area contributed by atoms with Crippen molar-refractivity contribution < 1.29 is 14.7 Å². The number of urea groups is 1. The van der Waals surface area contributed by atoms with Crippen LogP contribution in [0.15, 0.2) is 22.7 Å². The predicted molar refractivity (Wildman–Crippen MR) is 77.3 cm³/mol. The van der Waals surface area contributed by atoms with Gasteiger partial charge >= 0.3 is 12.0 Å². The van der Waals surface area contributed by atoms with Crippen LogP contribution in [-0.4, -0.2) is 23.1 Å². The number of rotatable bonds is 4. The van der Waals surface area contributed by atoms with Crippen LogP contribution < -0.4 is 10.6 Å². The SMILES string of the molecule is Cc1cc(Br)cc(NC(=O)NC(C)C(C)C(=O)O)c1. The number of halogens is 1. The van der Waals surface area contributed by atoms with Gasteiger partial charge in [0.2, 0.25) is 0 Å². The average Bonchev–Trinajstić information content (AvgIpc) is 2.25. The van der Waals surface area contributed by atoms with Crippen LogP contribution in [0, 0.1) is 12.8 Å². The third-order valence-corrected chi connectivity index (χ3v) is 3.26. The Labute approximate surface area is 120 Å². The van der Waals surface area contributed by atoms with E-state index in [1.54, 1.807) is 19.9 Å². The molecule has 5 nitrogen and oxygen atoms in total. The Morgan fingerprint density at radius 2 is 1.89 bits per heavy atom. The van der Waals surface area contributed by atoms with Crippen molar-refractivity contribution in [3.63, 3.8) is 0 Å². The number of benzene rings is 1. The number of anilines is 1. The molecule has 0 aromatic heterocycles. The van der Waals surface area contributed by atoms with Crippen LogP contribution in [-0.2, 0) is 4.79 Å². The molecule has 2 amide bonds. The summed E-state index contributed by atoms with van der Waals surface area (Å²) in [6.07, 6.45) is 0. The van der Waals surface area contributed by atoms with Gasteiger partial charge in [0.05, 0.1) is 5.92 Å². The highest BCUT2D eigenvalue weighted by molar-refractivity contribution is 9.10. The Kier molecular flexibility index (Phi) is 5.35. The van der Waals surface area contributed by atoms with E-state index >= 15 is 0 Å². The quantitative estimate of drug-likeness (QED) is 0.795. The van der Waals surface area contributed by atoms with Crippen molar-refractivity contribution in [2.75, 3.05) is 5.32 Å². The molecule has 6 heteroatoms. The van der Waals surface area contributed by atoms with Gasteiger partial charge in [0, 0.05) is 16.2 Å². The first kappa shape index (κ1) is 15.5. The van der Waals surface area contributed by atoms with Gasteiger partial charge in [0.15, 0.2) is 0 Å². The molecule has 1 rings (SSSR count). The van der Waals surface area contributed by atoms with E-state index in [1.807, 2.05) is 19.1 Å². The van der Waals surface area contributed by atoms with Crippen LogP contribution in [0.2, 0.25) is 0 Å². The molecule has 0 aliphatic carbocycles. The standard InChI is InChI=1S/C13H17BrN2O3/c1-7-4-10(14)6-11(5-7)16-13(19)15-9(3)8(2)12(17)18/h4-6,8-9H,1-3H3,(H,17,18)(H2,15,16,19). The Morgan fingerprint density at radius 3 is 2.42 bits per heavy atom. The van der Waals surface area contributed by atoms with Gasteiger partial charge in [-0.1, -0.05) is 15.9 Å². The lowest BCUT2D eigenvalue weighted by Crippen LogP contribution is -2.42. The summed E-state index contributed by atoms with van der Waals surface area (Å²) in [6, 6.07) is 4.66. The highest BCUT2D eigenvalue weighted by atomic mass is 79.9. The molecule has 0 radical (unpaired) electrons. The second kappa shape index (κ2) is 6.56. The molecule has 0 aliphatic heterocycles. The molecule has 0 saturated heterocycles. The van der Waals surface area contributed by atoms with Crippen molar-refractivity contribution in [3.05, 3.63) is 28.2 Å². The lowest BCUT2D eigenvalue weighted by molar-refractivity contribution is -0.141. The summed E-state index contributed by atoms with van der Waals surface area (Å²) in [7, 11) is 0. The third-order valence-electron chi connectivity index (χ3n) is 2.80. The van der Waals surface area contributed by atoms with Gasteiger partial charge in [-0.05, 0) is 44.5 Å². The Hall–Kier alpha value is -1.56. The van der Waals surface area contributed by atoms with Crippen LogP contribution in [0.1, 0.15) is 19.4 Å². The van der Waals surface area contributed by atoms with Crippen molar-refractivity contribution in [2.45, 2.75) is 26.8 Å². The van der Waals surface area contributed by atoms with Crippen molar-refractivity contribution in [3.8, 4) is 0 Å². The van der Waals surface area contributed by atoms with E-state index in [0.29, 0.717) is 5.69 Å². The monoisotopic (exact) mass is 328 g/mol. The number of hydrogen-bond acceptors (Lipinski definition) is 2. The van der Waals surface area contributed by atoms with Crippen molar-refractivity contribution in [1.29, 1.82) is 0 Å². The molecule has 19 heavy (non-hydrogen) atoms. The molecule has 0 saturated carbocycles. The predicted octanol–water partition coefficient (Wildman–Crippen LogP) is 2.99. The molecule has 3 N–H and O–H groups in total. The number of amides is 2. The van der Waals surface area contributed by atoms with Crippen LogP contribution in [0.25, 0.3) is 0 Å². The van der Waals surface area contributed by atoms with Gasteiger partial charge in [0.25, 0.3) is 0 Å². The number of carbonyl (C=O) groups is 2. The fourth-order valence-electron chi connectivity index (χ4n) is 1.52. The first-order valence-electron chi connectivity index (χ1n) is 5.87. The summed E-state index contributed by atoms with van der Waals surface area (Å²) in [5.74, 6) is -1.58. The summed E-state index contributed by atoms with van der Waals surface area (Å²) in [5.41, 5.74) is 1.66. The third kappa shape index (κ3) is 4.90. The molecule has 2 atom stereocenters. The van der Waals surface area contributed by atoms with Crippen LogP contribution >= 0.6 is 15.9 Å². The molecule has 0 aliphatic rings. The van der Waals surface area contributed by atoms with Crippen molar-refractivity contribution >= 4 is 33.6 Å². The zero-order valence-electron chi connectivity index (χ0n) is 11.0. The molecular weight excluding hydrogens is 312 g/mol. The number of carboxylic acid groups (broad SMARTS) is 1. The number of nitrogens with one attached hydrogen (secondary N) is 2. The highest BCUT2D eigenvalue weighted by Gasteiger charge is 2.20. The smallest absolute Gasteiger partial charge is 0.319 e. The minimum Gasteiger partial charge on any atom is -0.481 e. The molecule has 1 aromatic rings. The van der Waals surface area contributed by atoms with Crippen LogP contribution in [0.5, 0.6) is 0 Å². The van der Waals surface area contributed by atoms with Crippen LogP contribution in [0.4, 0.5) is 10.5 Å². The lowest BCUT2D eigenvalue weighted by Gasteiger charge is -2.18. The second-order valence-corrected chi connectivity index (χ2v) is 5.45. The van der Waals surface area contributed by atoms with Gasteiger partial charge in [-0.3, -0.25) is 4.79 Å². The molecule has 2 unspecified atom stereocenters. The van der Waals surface area contributed by atoms with Crippen LogP contribution in [0.3, 0.4) is 0 Å². The number of carboxylic acids is 1. The summed E-state index contributed by atoms with van der Waals surface area (Å²) < 4.78 is 0.870. The van der Waals surface area contributed by atoms with E-state index in [2.05, 4.69) is 26.6 Å². The molecule has 0 heterocycles. The van der Waals surface area contributed by atoms with Crippen molar-refractivity contribution in [1.82, 2.24) is 5.32 Å². The number of carbonyl (C=O) groups excluding carboxylic acids is 1. The molecule has 0 spiro atoms. The maximum atomic E-state index is 11.7. The van der Waals surface area contributed by atoms with E-state index in [-0.39, 0.29) is 0 Å². The fraction of sp³-hybridized carbons (Fsp3) is 0.385. The largest absolute Gasteiger partial charge is 0.481 e. The minimum atomic E-state index is -0.939. The van der Waals surface area contributed by atoms with Gasteiger partial charge < -0.3 is 15.7 Å². The fourth-order valence-corrected chi connectivity index (χ4v) is 2.13. The summed E-state index contributed by atoms with van der Waals surface area (Å²) in [4.78, 5) is 22.5. The van der Waals surface area contributed by atoms with Gasteiger partial charge in [-0.25, -0.2) is 4.79 Å². The number of aryl methyl sites for hydroxylation is 1.